The number of ether oxygens (including phenoxy) is 2. The second kappa shape index (κ2) is 12.2. The Labute approximate surface area is 98.6 Å². The Kier molecular flexibility index (Phi) is 12.6. The van der Waals surface area contributed by atoms with E-state index in [0.717, 1.165) is 6.08 Å². The van der Waals surface area contributed by atoms with E-state index < -0.39 is 11.9 Å². The number of aliphatic carboxylic acids is 1. The fourth-order valence-corrected chi connectivity index (χ4v) is 0.436. The zero-order chi connectivity index (χ0) is 13.7. The lowest BCUT2D eigenvalue weighted by Gasteiger charge is -2.00. The minimum atomic E-state index is -1.21. The van der Waals surface area contributed by atoms with Crippen LogP contribution >= 0.6 is 0 Å². The molecule has 98 valence electrons. The molecule has 3 N–H and O–H groups in total. The lowest BCUT2D eigenvalue weighted by Crippen LogP contribution is -2.06. The molecule has 0 aliphatic rings. The number of rotatable bonds is 7. The van der Waals surface area contributed by atoms with Gasteiger partial charge in [0.15, 0.2) is 5.76 Å². The lowest BCUT2D eigenvalue weighted by atomic mass is 10.6. The van der Waals surface area contributed by atoms with Crippen LogP contribution in [-0.2, 0) is 19.1 Å². The molecule has 0 spiro atoms. The van der Waals surface area contributed by atoms with Crippen molar-refractivity contribution in [2.45, 2.75) is 0 Å². The first kappa shape index (κ1) is 17.5. The minimum absolute atomic E-state index is 0.0227. The fourth-order valence-electron chi connectivity index (χ4n) is 0.436. The highest BCUT2D eigenvalue weighted by molar-refractivity contribution is 5.83. The van der Waals surface area contributed by atoms with Gasteiger partial charge >= 0.3 is 11.9 Å². The van der Waals surface area contributed by atoms with E-state index in [2.05, 4.69) is 22.6 Å². The van der Waals surface area contributed by atoms with E-state index in [1.165, 1.54) is 0 Å². The maximum absolute atomic E-state index is 10.1. The van der Waals surface area contributed by atoms with Gasteiger partial charge < -0.3 is 24.8 Å². The van der Waals surface area contributed by atoms with Gasteiger partial charge in [-0.05, 0) is 6.58 Å². The quantitative estimate of drug-likeness (QED) is 0.310. The molecule has 7 heteroatoms. The van der Waals surface area contributed by atoms with Crippen LogP contribution in [0, 0.1) is 0 Å². The van der Waals surface area contributed by atoms with Gasteiger partial charge in [-0.1, -0.05) is 6.58 Å². The van der Waals surface area contributed by atoms with Crippen LogP contribution < -0.4 is 0 Å². The van der Waals surface area contributed by atoms with Gasteiger partial charge in [0, 0.05) is 6.08 Å². The van der Waals surface area contributed by atoms with Gasteiger partial charge in [0.1, 0.15) is 13.2 Å². The Bertz CT molecular complexity index is 259. The summed E-state index contributed by atoms with van der Waals surface area (Å²) in [5.41, 5.74) is 0. The van der Waals surface area contributed by atoms with Crippen molar-refractivity contribution in [3.05, 3.63) is 25.0 Å². The van der Waals surface area contributed by atoms with Crippen molar-refractivity contribution < 1.29 is 34.4 Å². The molecule has 0 aliphatic carbocycles. The van der Waals surface area contributed by atoms with Crippen LogP contribution in [0.15, 0.2) is 25.0 Å². The molecule has 0 saturated carbocycles. The highest BCUT2D eigenvalue weighted by Crippen LogP contribution is 1.90. The maximum Gasteiger partial charge on any atom is 0.370 e. The number of hydrogen-bond donors (Lipinski definition) is 3. The van der Waals surface area contributed by atoms with Crippen molar-refractivity contribution in [2.75, 3.05) is 26.4 Å². The fraction of sp³-hybridized carbons (Fsp3) is 0.400. The number of carbonyl (C=O) groups excluding carboxylic acids is 1. The van der Waals surface area contributed by atoms with Crippen LogP contribution in [0.2, 0.25) is 0 Å². The molecule has 0 unspecified atom stereocenters. The Morgan fingerprint density at radius 2 is 1.59 bits per heavy atom. The van der Waals surface area contributed by atoms with Crippen LogP contribution in [-0.4, -0.2) is 53.7 Å². The predicted molar refractivity (Wildman–Crippen MR) is 58.1 cm³/mol. The van der Waals surface area contributed by atoms with Gasteiger partial charge in [-0.2, -0.15) is 0 Å². The van der Waals surface area contributed by atoms with E-state index in [-0.39, 0.29) is 32.2 Å². The molecular formula is C10H16O7. The van der Waals surface area contributed by atoms with Gasteiger partial charge in [0.25, 0.3) is 0 Å². The molecule has 7 nitrogen and oxygen atoms in total. The van der Waals surface area contributed by atoms with Gasteiger partial charge in [0.2, 0.25) is 0 Å². The summed E-state index contributed by atoms with van der Waals surface area (Å²) in [5.74, 6) is -2.05. The summed E-state index contributed by atoms with van der Waals surface area (Å²) in [6, 6.07) is 0. The average molecular weight is 248 g/mol. The maximum atomic E-state index is 10.1. The molecule has 0 atom stereocenters. The summed E-state index contributed by atoms with van der Waals surface area (Å²) in [4.78, 5) is 20.0. The summed E-state index contributed by atoms with van der Waals surface area (Å²) in [6.45, 7) is 5.90. The molecule has 0 radical (unpaired) electrons. The average Bonchev–Trinajstić information content (AvgIpc) is 2.33. The van der Waals surface area contributed by atoms with E-state index in [1.54, 1.807) is 0 Å². The number of carboxylic acids is 1. The smallest absolute Gasteiger partial charge is 0.370 e. The van der Waals surface area contributed by atoms with Gasteiger partial charge in [-0.3, -0.25) is 0 Å². The van der Waals surface area contributed by atoms with Crippen LogP contribution in [0.3, 0.4) is 0 Å². The molecule has 0 aromatic rings. The number of carbonyl (C=O) groups is 2. The number of aliphatic hydroxyl groups is 2. The van der Waals surface area contributed by atoms with Crippen molar-refractivity contribution in [3.63, 3.8) is 0 Å². The highest BCUT2D eigenvalue weighted by Gasteiger charge is 2.02. The number of aliphatic hydroxyl groups excluding tert-OH is 2. The molecule has 0 saturated heterocycles. The Hall–Kier alpha value is -1.86. The Balaban J connectivity index is 0. The number of hydrogen-bond acceptors (Lipinski definition) is 6. The summed E-state index contributed by atoms with van der Waals surface area (Å²) in [6.07, 6.45) is 1.05. The third-order valence-electron chi connectivity index (χ3n) is 1.11. The van der Waals surface area contributed by atoms with E-state index in [1.807, 2.05) is 0 Å². The molecule has 17 heavy (non-hydrogen) atoms. The molecule has 0 aromatic carbocycles. The number of carboxylic acid groups (broad SMARTS) is 1. The van der Waals surface area contributed by atoms with Crippen LogP contribution in [0.4, 0.5) is 0 Å². The standard InChI is InChI=1S/C5H8O4.C5H8O3/c1-4(5(7)8)9-3-2-6;1-2-5(7)8-4-3-6/h6H,1-3H2,(H,7,8);2,6H,1,3-4H2. The third-order valence-corrected chi connectivity index (χ3v) is 1.11. The van der Waals surface area contributed by atoms with E-state index in [9.17, 15) is 9.59 Å². The first-order valence-electron chi connectivity index (χ1n) is 4.55. The van der Waals surface area contributed by atoms with Crippen molar-refractivity contribution in [1.82, 2.24) is 0 Å². The van der Waals surface area contributed by atoms with Crippen LogP contribution in [0.25, 0.3) is 0 Å². The van der Waals surface area contributed by atoms with Crippen molar-refractivity contribution in [2.24, 2.45) is 0 Å². The molecule has 0 aliphatic heterocycles. The van der Waals surface area contributed by atoms with Crippen molar-refractivity contribution in [3.8, 4) is 0 Å². The summed E-state index contributed by atoms with van der Waals surface area (Å²) in [5, 5.41) is 24.3. The second-order valence-electron chi connectivity index (χ2n) is 2.40. The number of esters is 1. The topological polar surface area (TPSA) is 113 Å². The van der Waals surface area contributed by atoms with Crippen molar-refractivity contribution in [1.29, 1.82) is 0 Å². The Morgan fingerprint density at radius 1 is 1.12 bits per heavy atom. The predicted octanol–water partition coefficient (Wildman–Crippen LogP) is -0.699. The van der Waals surface area contributed by atoms with Crippen LogP contribution in [0.5, 0.6) is 0 Å². The molecule has 0 rings (SSSR count). The minimum Gasteiger partial charge on any atom is -0.485 e. The Morgan fingerprint density at radius 3 is 1.94 bits per heavy atom. The summed E-state index contributed by atoms with van der Waals surface area (Å²) in [7, 11) is 0. The lowest BCUT2D eigenvalue weighted by molar-refractivity contribution is -0.139. The third kappa shape index (κ3) is 14.1. The monoisotopic (exact) mass is 248 g/mol. The highest BCUT2D eigenvalue weighted by atomic mass is 16.5. The first-order valence-corrected chi connectivity index (χ1v) is 4.55. The van der Waals surface area contributed by atoms with E-state index >= 15 is 0 Å². The molecule has 0 fully saturated rings. The molecular weight excluding hydrogens is 232 g/mol. The largest absolute Gasteiger partial charge is 0.485 e. The first-order chi connectivity index (χ1) is 7.99. The second-order valence-corrected chi connectivity index (χ2v) is 2.40. The zero-order valence-electron chi connectivity index (χ0n) is 9.29. The molecule has 0 aromatic heterocycles. The molecule has 0 heterocycles. The van der Waals surface area contributed by atoms with E-state index in [4.69, 9.17) is 15.3 Å². The van der Waals surface area contributed by atoms with Gasteiger partial charge in [-0.25, -0.2) is 9.59 Å². The van der Waals surface area contributed by atoms with E-state index in [0.29, 0.717) is 0 Å². The SMILES string of the molecule is C=C(OCCO)C(=O)O.C=CC(=O)OCCO. The summed E-state index contributed by atoms with van der Waals surface area (Å²) >= 11 is 0. The van der Waals surface area contributed by atoms with Gasteiger partial charge in [0.05, 0.1) is 13.2 Å². The summed E-state index contributed by atoms with van der Waals surface area (Å²) < 4.78 is 8.74. The molecule has 0 amide bonds. The normalized spacial score (nSPS) is 8.35. The van der Waals surface area contributed by atoms with Crippen LogP contribution in [0.1, 0.15) is 0 Å². The molecule has 0 bridgehead atoms. The van der Waals surface area contributed by atoms with Gasteiger partial charge in [-0.15, -0.1) is 0 Å². The van der Waals surface area contributed by atoms with Crippen molar-refractivity contribution >= 4 is 11.9 Å². The zero-order valence-corrected chi connectivity index (χ0v) is 9.29.